The first-order valence-electron chi connectivity index (χ1n) is 22.3. The molecule has 0 fully saturated rings. The molecule has 11 aromatic rings. The molecule has 0 unspecified atom stereocenters. The van der Waals surface area contributed by atoms with Gasteiger partial charge >= 0.3 is 0 Å². The average Bonchev–Trinajstić information content (AvgIpc) is 4.01. The molecule has 0 bridgehead atoms. The Bertz CT molecular complexity index is 3720. The Morgan fingerprint density at radius 1 is 0.317 bits per heavy atom. The van der Waals surface area contributed by atoms with Gasteiger partial charge in [-0.3, -0.25) is 0 Å². The molecule has 3 aliphatic carbocycles. The molecule has 0 atom stereocenters. The molecule has 0 aliphatic heterocycles. The van der Waals surface area contributed by atoms with Crippen LogP contribution in [0.4, 0.5) is 0 Å². The highest BCUT2D eigenvalue weighted by Gasteiger charge is 2.52. The van der Waals surface area contributed by atoms with E-state index in [0.717, 1.165) is 0 Å². The summed E-state index contributed by atoms with van der Waals surface area (Å²) < 4.78 is 2.47. The lowest BCUT2D eigenvalue weighted by Gasteiger charge is -2.30. The second-order valence-electron chi connectivity index (χ2n) is 18.3. The Labute approximate surface area is 367 Å². The van der Waals surface area contributed by atoms with Gasteiger partial charge in [-0.05, 0) is 136 Å². The highest BCUT2D eigenvalue weighted by molar-refractivity contribution is 6.12. The van der Waals surface area contributed by atoms with Crippen molar-refractivity contribution in [2.24, 2.45) is 0 Å². The van der Waals surface area contributed by atoms with Gasteiger partial charge in [-0.15, -0.1) is 0 Å². The quantitative estimate of drug-likeness (QED) is 0.168. The Kier molecular flexibility index (Phi) is 6.89. The fraction of sp³-hybridized carbons (Fsp3) is 0.0645. The van der Waals surface area contributed by atoms with E-state index in [1.165, 1.54) is 127 Å². The summed E-state index contributed by atoms with van der Waals surface area (Å²) in [5.74, 6) is 0. The molecule has 1 heterocycles. The number of para-hydroxylation sites is 1. The normalized spacial score (nSPS) is 14.4. The minimum atomic E-state index is -0.406. The van der Waals surface area contributed by atoms with Crippen molar-refractivity contribution in [1.29, 1.82) is 0 Å². The van der Waals surface area contributed by atoms with E-state index in [-0.39, 0.29) is 5.41 Å². The molecule has 63 heavy (non-hydrogen) atoms. The van der Waals surface area contributed by atoms with Crippen LogP contribution in [0.2, 0.25) is 0 Å². The van der Waals surface area contributed by atoms with E-state index >= 15 is 0 Å². The molecule has 10 aromatic carbocycles. The molecule has 0 saturated heterocycles. The lowest BCUT2D eigenvalue weighted by molar-refractivity contribution is 0.660. The zero-order valence-corrected chi connectivity index (χ0v) is 35.2. The van der Waals surface area contributed by atoms with Crippen LogP contribution in [0, 0.1) is 0 Å². The predicted octanol–water partition coefficient (Wildman–Crippen LogP) is 15.9. The fourth-order valence-corrected chi connectivity index (χ4v) is 12.3. The summed E-state index contributed by atoms with van der Waals surface area (Å²) >= 11 is 0. The van der Waals surface area contributed by atoms with Crippen LogP contribution in [0.3, 0.4) is 0 Å². The minimum Gasteiger partial charge on any atom is -0.309 e. The van der Waals surface area contributed by atoms with Gasteiger partial charge in [-0.25, -0.2) is 0 Å². The van der Waals surface area contributed by atoms with Crippen LogP contribution in [-0.2, 0) is 10.8 Å². The maximum atomic E-state index is 2.52. The van der Waals surface area contributed by atoms with Crippen molar-refractivity contribution in [3.63, 3.8) is 0 Å². The van der Waals surface area contributed by atoms with Gasteiger partial charge in [-0.1, -0.05) is 190 Å². The maximum Gasteiger partial charge on any atom is 0.0725 e. The number of benzene rings is 10. The second kappa shape index (κ2) is 12.4. The highest BCUT2D eigenvalue weighted by atomic mass is 15.0. The van der Waals surface area contributed by atoms with Gasteiger partial charge in [0.1, 0.15) is 0 Å². The summed E-state index contributed by atoms with van der Waals surface area (Å²) in [5.41, 5.74) is 24.3. The van der Waals surface area contributed by atoms with E-state index in [4.69, 9.17) is 0 Å². The summed E-state index contributed by atoms with van der Waals surface area (Å²) in [4.78, 5) is 0. The molecule has 0 radical (unpaired) electrons. The topological polar surface area (TPSA) is 4.93 Å². The van der Waals surface area contributed by atoms with Gasteiger partial charge in [0.15, 0.2) is 0 Å². The SMILES string of the molecule is CC1(C)c2cc(-c3cccc4c3-c3c(ccc5ccccc35)C43c4ccccc4-c4ccccc43)ccc2-c2ccc(-n3c4ccccc4c4cc(-c5ccccc5)ccc43)cc21. The largest absolute Gasteiger partial charge is 0.309 e. The maximum absolute atomic E-state index is 2.52. The molecular weight excluding hydrogens is 759 g/mol. The molecule has 0 N–H and O–H groups in total. The molecule has 294 valence electrons. The van der Waals surface area contributed by atoms with Crippen molar-refractivity contribution in [2.75, 3.05) is 0 Å². The number of hydrogen-bond acceptors (Lipinski definition) is 0. The van der Waals surface area contributed by atoms with Crippen molar-refractivity contribution in [3.05, 3.63) is 246 Å². The smallest absolute Gasteiger partial charge is 0.0725 e. The van der Waals surface area contributed by atoms with Gasteiger partial charge in [-0.2, -0.15) is 0 Å². The monoisotopic (exact) mass is 799 g/mol. The number of fused-ring (bicyclic) bond motifs is 18. The number of aromatic nitrogens is 1. The van der Waals surface area contributed by atoms with Crippen LogP contribution in [0.25, 0.3) is 93.9 Å². The van der Waals surface area contributed by atoms with Crippen LogP contribution in [-0.4, -0.2) is 4.57 Å². The fourth-order valence-electron chi connectivity index (χ4n) is 12.3. The third-order valence-electron chi connectivity index (χ3n) is 15.0. The molecule has 1 spiro atoms. The van der Waals surface area contributed by atoms with E-state index in [1.54, 1.807) is 0 Å². The van der Waals surface area contributed by atoms with Crippen LogP contribution < -0.4 is 0 Å². The van der Waals surface area contributed by atoms with Crippen molar-refractivity contribution >= 4 is 32.6 Å². The van der Waals surface area contributed by atoms with Gasteiger partial charge in [0.2, 0.25) is 0 Å². The molecule has 1 heteroatoms. The van der Waals surface area contributed by atoms with Crippen molar-refractivity contribution < 1.29 is 0 Å². The zero-order chi connectivity index (χ0) is 41.6. The average molecular weight is 800 g/mol. The van der Waals surface area contributed by atoms with E-state index < -0.39 is 5.41 Å². The van der Waals surface area contributed by atoms with Gasteiger partial charge in [0.25, 0.3) is 0 Å². The highest BCUT2D eigenvalue weighted by Crippen LogP contribution is 2.65. The summed E-state index contributed by atoms with van der Waals surface area (Å²) in [6.07, 6.45) is 0. The van der Waals surface area contributed by atoms with Crippen molar-refractivity contribution in [1.82, 2.24) is 4.57 Å². The number of nitrogens with zero attached hydrogens (tertiary/aromatic N) is 1. The first kappa shape index (κ1) is 34.9. The summed E-state index contributed by atoms with van der Waals surface area (Å²) in [7, 11) is 0. The number of rotatable bonds is 3. The Morgan fingerprint density at radius 3 is 1.71 bits per heavy atom. The molecular formula is C62H41N. The van der Waals surface area contributed by atoms with Gasteiger partial charge in [0, 0.05) is 21.9 Å². The summed E-state index contributed by atoms with van der Waals surface area (Å²) in [5, 5.41) is 5.13. The lowest BCUT2D eigenvalue weighted by Crippen LogP contribution is -2.25. The Hall–Kier alpha value is -7.74. The minimum absolute atomic E-state index is 0.219. The molecule has 1 nitrogen and oxygen atoms in total. The lowest BCUT2D eigenvalue weighted by atomic mass is 9.70. The predicted molar refractivity (Wildman–Crippen MR) is 263 cm³/mol. The van der Waals surface area contributed by atoms with Crippen LogP contribution in [0.5, 0.6) is 0 Å². The Balaban J connectivity index is 0.947. The first-order chi connectivity index (χ1) is 31.0. The molecule has 0 saturated carbocycles. The van der Waals surface area contributed by atoms with E-state index in [9.17, 15) is 0 Å². The van der Waals surface area contributed by atoms with Gasteiger partial charge < -0.3 is 4.57 Å². The zero-order valence-electron chi connectivity index (χ0n) is 35.2. The van der Waals surface area contributed by atoms with Crippen LogP contribution in [0.1, 0.15) is 47.2 Å². The molecule has 1 aromatic heterocycles. The van der Waals surface area contributed by atoms with Gasteiger partial charge in [0.05, 0.1) is 16.4 Å². The Morgan fingerprint density at radius 2 is 0.905 bits per heavy atom. The number of hydrogen-bond donors (Lipinski definition) is 0. The third-order valence-corrected chi connectivity index (χ3v) is 15.0. The van der Waals surface area contributed by atoms with Crippen molar-refractivity contribution in [2.45, 2.75) is 24.7 Å². The standard InChI is InChI=1S/C62H41N/c1-61(2)55-36-41(27-31-47(55)48-32-30-42(37-56(48)61)63-57-26-13-10-21-49(57)50-35-40(29-34-58(50)63)38-15-4-3-5-16-38)44-22-14-25-53-60(44)59-43-18-7-6-17-39(43)28-33-54(59)62(53)51-23-11-8-19-45(51)46-20-9-12-24-52(46)62/h3-37H,1-2H3. The third kappa shape index (κ3) is 4.46. The van der Waals surface area contributed by atoms with Crippen LogP contribution in [0.15, 0.2) is 212 Å². The first-order valence-corrected chi connectivity index (χ1v) is 22.3. The van der Waals surface area contributed by atoms with E-state index in [1.807, 2.05) is 0 Å². The summed E-state index contributed by atoms with van der Waals surface area (Å²) in [6, 6.07) is 80.1. The van der Waals surface area contributed by atoms with Crippen LogP contribution >= 0.6 is 0 Å². The summed E-state index contributed by atoms with van der Waals surface area (Å²) in [6.45, 7) is 4.84. The molecule has 3 aliphatic rings. The second-order valence-corrected chi connectivity index (χ2v) is 18.3. The van der Waals surface area contributed by atoms with Crippen molar-refractivity contribution in [3.8, 4) is 61.3 Å². The van der Waals surface area contributed by atoms with E-state index in [0.29, 0.717) is 0 Å². The van der Waals surface area contributed by atoms with E-state index in [2.05, 4.69) is 231 Å². The molecule has 0 amide bonds. The molecule has 14 rings (SSSR count).